The molecule has 0 bridgehead atoms. The molecule has 3 rings (SSSR count). The van der Waals surface area contributed by atoms with E-state index >= 15 is 0 Å². The van der Waals surface area contributed by atoms with Crippen molar-refractivity contribution in [3.05, 3.63) is 77.6 Å². The van der Waals surface area contributed by atoms with Crippen molar-refractivity contribution in [1.29, 1.82) is 0 Å². The summed E-state index contributed by atoms with van der Waals surface area (Å²) in [7, 11) is 0. The second kappa shape index (κ2) is 18.6. The van der Waals surface area contributed by atoms with Gasteiger partial charge in [-0.2, -0.15) is 0 Å². The fraction of sp³-hybridized carbons (Fsp3) is 0.543. The van der Waals surface area contributed by atoms with E-state index in [9.17, 15) is 0 Å². The topological polar surface area (TPSA) is 35.0 Å². The first-order chi connectivity index (χ1) is 18.8. The normalized spacial score (nSPS) is 11.1. The first kappa shape index (κ1) is 29.9. The summed E-state index contributed by atoms with van der Waals surface area (Å²) in [6, 6.07) is 17.0. The number of ether oxygens (including phenoxy) is 1. The maximum atomic E-state index is 6.03. The predicted octanol–water partition coefficient (Wildman–Crippen LogP) is 10.3. The Labute approximate surface area is 232 Å². The Morgan fingerprint density at radius 1 is 0.500 bits per heavy atom. The minimum absolute atomic E-state index is 0.584. The lowest BCUT2D eigenvalue weighted by molar-refractivity contribution is 0.306. The third-order valence-electron chi connectivity index (χ3n) is 7.38. The standard InChI is InChI=1S/C35H50N2O/c1-3-5-7-9-11-13-15-17-30-19-21-31(22-20-30)29-38-34-25-23-33(24-26-34)35-36-27-32(28-37-35)18-16-14-12-10-8-6-4-2/h19-28H,3-18,29H2,1-2H3. The zero-order chi connectivity index (χ0) is 26.7. The highest BCUT2D eigenvalue weighted by Crippen LogP contribution is 2.21. The van der Waals surface area contributed by atoms with Crippen LogP contribution in [0.15, 0.2) is 60.9 Å². The molecule has 1 aromatic heterocycles. The number of benzene rings is 2. The summed E-state index contributed by atoms with van der Waals surface area (Å²) in [5, 5.41) is 0. The summed E-state index contributed by atoms with van der Waals surface area (Å²) >= 11 is 0. The fourth-order valence-electron chi connectivity index (χ4n) is 4.87. The van der Waals surface area contributed by atoms with Crippen LogP contribution in [0.2, 0.25) is 0 Å². The molecule has 0 unspecified atom stereocenters. The van der Waals surface area contributed by atoms with Gasteiger partial charge in [-0.1, -0.05) is 115 Å². The van der Waals surface area contributed by atoms with Crippen LogP contribution >= 0.6 is 0 Å². The lowest BCUT2D eigenvalue weighted by atomic mass is 10.0. The molecule has 0 aliphatic rings. The average Bonchev–Trinajstić information content (AvgIpc) is 2.96. The SMILES string of the molecule is CCCCCCCCCc1ccc(COc2ccc(-c3ncc(CCCCCCCCC)cn3)cc2)cc1. The Kier molecular flexibility index (Phi) is 14.6. The molecule has 3 nitrogen and oxygen atoms in total. The van der Waals surface area contributed by atoms with Gasteiger partial charge < -0.3 is 4.74 Å². The summed E-state index contributed by atoms with van der Waals surface area (Å²) in [5.41, 5.74) is 4.89. The largest absolute Gasteiger partial charge is 0.489 e. The van der Waals surface area contributed by atoms with E-state index < -0.39 is 0 Å². The Morgan fingerprint density at radius 3 is 1.53 bits per heavy atom. The molecule has 3 heteroatoms. The molecule has 0 amide bonds. The molecular weight excluding hydrogens is 464 g/mol. The van der Waals surface area contributed by atoms with Crippen molar-refractivity contribution in [1.82, 2.24) is 9.97 Å². The lowest BCUT2D eigenvalue weighted by Crippen LogP contribution is -1.97. The highest BCUT2D eigenvalue weighted by Gasteiger charge is 2.04. The molecule has 0 saturated carbocycles. The van der Waals surface area contributed by atoms with Crippen LogP contribution in [0, 0.1) is 0 Å². The molecule has 0 atom stereocenters. The smallest absolute Gasteiger partial charge is 0.159 e. The Morgan fingerprint density at radius 2 is 0.974 bits per heavy atom. The van der Waals surface area contributed by atoms with Crippen molar-refractivity contribution in [3.8, 4) is 17.1 Å². The maximum absolute atomic E-state index is 6.03. The molecule has 0 aliphatic carbocycles. The molecule has 38 heavy (non-hydrogen) atoms. The summed E-state index contributed by atoms with van der Waals surface area (Å²) in [5.74, 6) is 1.65. The molecule has 0 fully saturated rings. The number of rotatable bonds is 20. The Balaban J connectivity index is 1.34. The molecule has 3 aromatic rings. The van der Waals surface area contributed by atoms with Crippen LogP contribution in [-0.2, 0) is 19.4 Å². The van der Waals surface area contributed by atoms with Crippen LogP contribution in [0.25, 0.3) is 11.4 Å². The Bertz CT molecular complexity index is 980. The van der Waals surface area contributed by atoms with E-state index in [1.165, 1.54) is 113 Å². The van der Waals surface area contributed by atoms with Crippen molar-refractivity contribution in [2.24, 2.45) is 0 Å². The van der Waals surface area contributed by atoms with E-state index in [1.807, 2.05) is 36.7 Å². The molecule has 0 aliphatic heterocycles. The fourth-order valence-corrected chi connectivity index (χ4v) is 4.87. The van der Waals surface area contributed by atoms with Gasteiger partial charge in [0.05, 0.1) is 0 Å². The second-order valence-corrected chi connectivity index (χ2v) is 10.8. The number of nitrogens with zero attached hydrogens (tertiary/aromatic N) is 2. The molecular formula is C35H50N2O. The first-order valence-corrected chi connectivity index (χ1v) is 15.4. The van der Waals surface area contributed by atoms with Gasteiger partial charge in [0.2, 0.25) is 0 Å². The van der Waals surface area contributed by atoms with Crippen LogP contribution in [0.3, 0.4) is 0 Å². The van der Waals surface area contributed by atoms with Crippen molar-refractivity contribution < 1.29 is 4.74 Å². The quantitative estimate of drug-likeness (QED) is 0.141. The van der Waals surface area contributed by atoms with Gasteiger partial charge >= 0.3 is 0 Å². The van der Waals surface area contributed by atoms with Gasteiger partial charge in [0, 0.05) is 18.0 Å². The third-order valence-corrected chi connectivity index (χ3v) is 7.38. The van der Waals surface area contributed by atoms with Crippen molar-refractivity contribution in [3.63, 3.8) is 0 Å². The minimum Gasteiger partial charge on any atom is -0.489 e. The Hall–Kier alpha value is -2.68. The van der Waals surface area contributed by atoms with E-state index in [0.717, 1.165) is 23.6 Å². The van der Waals surface area contributed by atoms with Gasteiger partial charge in [0.15, 0.2) is 5.82 Å². The van der Waals surface area contributed by atoms with E-state index in [2.05, 4.69) is 48.1 Å². The summed E-state index contributed by atoms with van der Waals surface area (Å²) in [4.78, 5) is 9.22. The third kappa shape index (κ3) is 11.8. The number of unbranched alkanes of at least 4 members (excludes halogenated alkanes) is 12. The molecule has 1 heterocycles. The van der Waals surface area contributed by atoms with Crippen molar-refractivity contribution >= 4 is 0 Å². The van der Waals surface area contributed by atoms with Crippen LogP contribution < -0.4 is 4.74 Å². The number of hydrogen-bond acceptors (Lipinski definition) is 3. The molecule has 0 spiro atoms. The number of aryl methyl sites for hydroxylation is 2. The predicted molar refractivity (Wildman–Crippen MR) is 162 cm³/mol. The number of hydrogen-bond donors (Lipinski definition) is 0. The molecule has 0 saturated heterocycles. The van der Waals surface area contributed by atoms with Gasteiger partial charge in [0.25, 0.3) is 0 Å². The first-order valence-electron chi connectivity index (χ1n) is 15.4. The maximum Gasteiger partial charge on any atom is 0.159 e. The van der Waals surface area contributed by atoms with Gasteiger partial charge in [-0.05, 0) is 66.6 Å². The van der Waals surface area contributed by atoms with Crippen LogP contribution in [0.4, 0.5) is 0 Å². The summed E-state index contributed by atoms with van der Waals surface area (Å²) in [6.07, 6.45) is 25.0. The van der Waals surface area contributed by atoms with Crippen molar-refractivity contribution in [2.75, 3.05) is 0 Å². The highest BCUT2D eigenvalue weighted by molar-refractivity contribution is 5.55. The zero-order valence-electron chi connectivity index (χ0n) is 24.1. The highest BCUT2D eigenvalue weighted by atomic mass is 16.5. The van der Waals surface area contributed by atoms with Gasteiger partial charge in [-0.15, -0.1) is 0 Å². The zero-order valence-corrected chi connectivity index (χ0v) is 24.1. The van der Waals surface area contributed by atoms with Gasteiger partial charge in [-0.25, -0.2) is 9.97 Å². The van der Waals surface area contributed by atoms with Crippen LogP contribution in [0.5, 0.6) is 5.75 Å². The minimum atomic E-state index is 0.584. The molecule has 0 radical (unpaired) electrons. The van der Waals surface area contributed by atoms with E-state index in [4.69, 9.17) is 4.74 Å². The van der Waals surface area contributed by atoms with Crippen LogP contribution in [-0.4, -0.2) is 9.97 Å². The lowest BCUT2D eigenvalue weighted by Gasteiger charge is -2.09. The summed E-state index contributed by atoms with van der Waals surface area (Å²) in [6.45, 7) is 5.13. The van der Waals surface area contributed by atoms with Crippen LogP contribution in [0.1, 0.15) is 120 Å². The average molecular weight is 515 g/mol. The number of aromatic nitrogens is 2. The molecule has 0 N–H and O–H groups in total. The van der Waals surface area contributed by atoms with Gasteiger partial charge in [-0.3, -0.25) is 0 Å². The van der Waals surface area contributed by atoms with E-state index in [-0.39, 0.29) is 0 Å². The van der Waals surface area contributed by atoms with E-state index in [1.54, 1.807) is 0 Å². The summed E-state index contributed by atoms with van der Waals surface area (Å²) < 4.78 is 6.03. The molecule has 206 valence electrons. The monoisotopic (exact) mass is 514 g/mol. The van der Waals surface area contributed by atoms with Crippen molar-refractivity contribution in [2.45, 2.75) is 123 Å². The van der Waals surface area contributed by atoms with Gasteiger partial charge in [0.1, 0.15) is 12.4 Å². The van der Waals surface area contributed by atoms with E-state index in [0.29, 0.717) is 6.61 Å². The second-order valence-electron chi connectivity index (χ2n) is 10.8. The molecule has 2 aromatic carbocycles.